The van der Waals surface area contributed by atoms with Crippen molar-refractivity contribution in [2.75, 3.05) is 25.1 Å². The molecule has 0 unspecified atom stereocenters. The van der Waals surface area contributed by atoms with E-state index < -0.39 is 0 Å². The largest absolute Gasteiger partial charge is 0.469 e. The van der Waals surface area contributed by atoms with Gasteiger partial charge in [-0.3, -0.25) is 4.79 Å². The molecule has 0 saturated carbocycles. The summed E-state index contributed by atoms with van der Waals surface area (Å²) < 4.78 is 5.60. The van der Waals surface area contributed by atoms with Gasteiger partial charge in [-0.15, -0.1) is 10.2 Å². The first kappa shape index (κ1) is 20.5. The molecule has 28 heavy (non-hydrogen) atoms. The molecule has 0 aliphatic rings. The smallest absolute Gasteiger partial charge is 0.307 e. The van der Waals surface area contributed by atoms with Gasteiger partial charge in [0.15, 0.2) is 0 Å². The first-order valence-electron chi connectivity index (χ1n) is 8.59. The van der Waals surface area contributed by atoms with E-state index in [-0.39, 0.29) is 5.97 Å². The molecule has 1 aromatic heterocycles. The molecule has 0 fully saturated rings. The molecule has 2 aromatic carbocycles. The topological polar surface area (TPSA) is 67.2 Å². The summed E-state index contributed by atoms with van der Waals surface area (Å²) >= 11 is 13.4. The van der Waals surface area contributed by atoms with Gasteiger partial charge < -0.3 is 9.64 Å². The number of azo groups is 1. The van der Waals surface area contributed by atoms with Crippen molar-refractivity contribution in [1.29, 1.82) is 0 Å². The minimum Gasteiger partial charge on any atom is -0.469 e. The molecule has 0 bridgehead atoms. The fourth-order valence-corrected chi connectivity index (χ4v) is 3.78. The second-order valence-corrected chi connectivity index (χ2v) is 7.68. The molecule has 0 N–H and O–H groups in total. The molecule has 0 saturated heterocycles. The fourth-order valence-electron chi connectivity index (χ4n) is 2.58. The lowest BCUT2D eigenvalue weighted by molar-refractivity contribution is -0.140. The Labute approximate surface area is 176 Å². The fraction of sp³-hybridized carbons (Fsp3) is 0.263. The first-order valence-corrected chi connectivity index (χ1v) is 10.2. The predicted octanol–water partition coefficient (Wildman–Crippen LogP) is 6.41. The summed E-state index contributed by atoms with van der Waals surface area (Å²) in [7, 11) is 1.40. The number of benzene rings is 2. The zero-order valence-corrected chi connectivity index (χ0v) is 17.7. The lowest BCUT2D eigenvalue weighted by atomic mass is 10.2. The van der Waals surface area contributed by atoms with Crippen LogP contribution in [0.5, 0.6) is 0 Å². The molecule has 6 nitrogen and oxygen atoms in total. The van der Waals surface area contributed by atoms with E-state index in [1.54, 1.807) is 12.1 Å². The molecular weight excluding hydrogens is 419 g/mol. The minimum atomic E-state index is -0.220. The highest BCUT2D eigenvalue weighted by Gasteiger charge is 2.09. The van der Waals surface area contributed by atoms with Crippen LogP contribution in [0.3, 0.4) is 0 Å². The molecule has 0 aliphatic heterocycles. The predicted molar refractivity (Wildman–Crippen MR) is 115 cm³/mol. The molecule has 0 spiro atoms. The summed E-state index contributed by atoms with van der Waals surface area (Å²) in [6, 6.07) is 11.1. The Morgan fingerprint density at radius 3 is 2.57 bits per heavy atom. The van der Waals surface area contributed by atoms with Crippen LogP contribution in [0.15, 0.2) is 46.6 Å². The highest BCUT2D eigenvalue weighted by molar-refractivity contribution is 7.22. The molecule has 1 heterocycles. The van der Waals surface area contributed by atoms with Crippen molar-refractivity contribution in [3.8, 4) is 0 Å². The minimum absolute atomic E-state index is 0.220. The highest BCUT2D eigenvalue weighted by atomic mass is 35.5. The molecule has 0 radical (unpaired) electrons. The third-order valence-corrected chi connectivity index (χ3v) is 5.70. The van der Waals surface area contributed by atoms with E-state index >= 15 is 0 Å². The molecule has 3 aromatic rings. The number of methoxy groups -OCH3 is 1. The first-order chi connectivity index (χ1) is 13.5. The lowest BCUT2D eigenvalue weighted by Gasteiger charge is -2.22. The number of thiazole rings is 1. The van der Waals surface area contributed by atoms with Crippen LogP contribution in [-0.4, -0.2) is 31.2 Å². The Kier molecular flexibility index (Phi) is 6.83. The van der Waals surface area contributed by atoms with Gasteiger partial charge in [-0.1, -0.05) is 34.5 Å². The number of hydrogen-bond acceptors (Lipinski definition) is 7. The number of halogens is 2. The van der Waals surface area contributed by atoms with Crippen LogP contribution >= 0.6 is 34.5 Å². The Morgan fingerprint density at radius 2 is 1.89 bits per heavy atom. The van der Waals surface area contributed by atoms with Crippen LogP contribution in [-0.2, 0) is 9.53 Å². The van der Waals surface area contributed by atoms with Crippen LogP contribution in [0.25, 0.3) is 10.2 Å². The van der Waals surface area contributed by atoms with E-state index in [9.17, 15) is 4.79 Å². The number of carbonyl (C=O) groups excluding carboxylic acids is 1. The van der Waals surface area contributed by atoms with E-state index in [4.69, 9.17) is 27.9 Å². The maximum atomic E-state index is 11.3. The van der Waals surface area contributed by atoms with Gasteiger partial charge in [0.05, 0.1) is 39.5 Å². The van der Waals surface area contributed by atoms with Crippen LogP contribution in [0.1, 0.15) is 13.3 Å². The Bertz CT molecular complexity index is 966. The van der Waals surface area contributed by atoms with Crippen molar-refractivity contribution in [3.05, 3.63) is 46.4 Å². The average Bonchev–Trinajstić information content (AvgIpc) is 3.09. The molecule has 0 atom stereocenters. The third-order valence-electron chi connectivity index (χ3n) is 4.08. The summed E-state index contributed by atoms with van der Waals surface area (Å²) in [6.45, 7) is 3.42. The SMILES string of the molecule is CCN(CCC(=O)OC)c1ccc(N=Nc2nc3cc(Cl)c(Cl)cc3s2)cc1. The van der Waals surface area contributed by atoms with E-state index in [1.807, 2.05) is 31.2 Å². The van der Waals surface area contributed by atoms with Crippen LogP contribution in [0, 0.1) is 0 Å². The Balaban J connectivity index is 1.70. The van der Waals surface area contributed by atoms with E-state index in [0.717, 1.165) is 22.4 Å². The van der Waals surface area contributed by atoms with Gasteiger partial charge in [-0.2, -0.15) is 0 Å². The van der Waals surface area contributed by atoms with Crippen LogP contribution in [0.2, 0.25) is 10.0 Å². The van der Waals surface area contributed by atoms with Crippen molar-refractivity contribution >= 4 is 67.2 Å². The average molecular weight is 437 g/mol. The summed E-state index contributed by atoms with van der Waals surface area (Å²) in [5.74, 6) is -0.220. The number of esters is 1. The van der Waals surface area contributed by atoms with Crippen molar-refractivity contribution in [1.82, 2.24) is 4.98 Å². The van der Waals surface area contributed by atoms with E-state index in [0.29, 0.717) is 33.8 Å². The Morgan fingerprint density at radius 1 is 1.18 bits per heavy atom. The van der Waals surface area contributed by atoms with Gasteiger partial charge in [-0.25, -0.2) is 4.98 Å². The second kappa shape index (κ2) is 9.32. The van der Waals surface area contributed by atoms with Gasteiger partial charge in [0.25, 0.3) is 0 Å². The molecule has 9 heteroatoms. The van der Waals surface area contributed by atoms with Gasteiger partial charge in [0, 0.05) is 18.8 Å². The monoisotopic (exact) mass is 436 g/mol. The number of nitrogens with zero attached hydrogens (tertiary/aromatic N) is 4. The summed E-state index contributed by atoms with van der Waals surface area (Å²) in [6.07, 6.45) is 0.345. The number of fused-ring (bicyclic) bond motifs is 1. The van der Waals surface area contributed by atoms with Gasteiger partial charge in [0.1, 0.15) is 0 Å². The number of aromatic nitrogens is 1. The lowest BCUT2D eigenvalue weighted by Crippen LogP contribution is -2.25. The zero-order chi connectivity index (χ0) is 20.1. The Hall–Kier alpha value is -2.22. The third kappa shape index (κ3) is 4.98. The molecule has 3 rings (SSSR count). The summed E-state index contributed by atoms with van der Waals surface area (Å²) in [5.41, 5.74) is 2.46. The number of ether oxygens (including phenoxy) is 1. The van der Waals surface area contributed by atoms with Crippen LogP contribution in [0.4, 0.5) is 16.5 Å². The summed E-state index contributed by atoms with van der Waals surface area (Å²) in [5, 5.41) is 9.94. The van der Waals surface area contributed by atoms with Crippen molar-refractivity contribution < 1.29 is 9.53 Å². The quantitative estimate of drug-likeness (QED) is 0.317. The van der Waals surface area contributed by atoms with Crippen molar-refractivity contribution in [3.63, 3.8) is 0 Å². The number of anilines is 1. The molecule has 0 aliphatic carbocycles. The van der Waals surface area contributed by atoms with Crippen LogP contribution < -0.4 is 4.90 Å². The van der Waals surface area contributed by atoms with Gasteiger partial charge in [0.2, 0.25) is 5.13 Å². The number of carbonyl (C=O) groups is 1. The van der Waals surface area contributed by atoms with Gasteiger partial charge in [-0.05, 0) is 43.3 Å². The number of rotatable bonds is 7. The van der Waals surface area contributed by atoms with Crippen molar-refractivity contribution in [2.45, 2.75) is 13.3 Å². The standard InChI is InChI=1S/C19H18Cl2N4O2S/c1-3-25(9-8-18(26)27-2)13-6-4-12(5-7-13)23-24-19-22-16-10-14(20)15(21)11-17(16)28-19/h4-7,10-11H,3,8-9H2,1-2H3. The summed E-state index contributed by atoms with van der Waals surface area (Å²) in [4.78, 5) is 17.8. The van der Waals surface area contributed by atoms with Gasteiger partial charge >= 0.3 is 5.97 Å². The highest BCUT2D eigenvalue weighted by Crippen LogP contribution is 2.34. The number of hydrogen-bond donors (Lipinski definition) is 0. The molecular formula is C19H18Cl2N4O2S. The second-order valence-electron chi connectivity index (χ2n) is 5.85. The van der Waals surface area contributed by atoms with Crippen molar-refractivity contribution in [2.24, 2.45) is 10.2 Å². The van der Waals surface area contributed by atoms with E-state index in [1.165, 1.54) is 18.4 Å². The maximum Gasteiger partial charge on any atom is 0.307 e. The van der Waals surface area contributed by atoms with E-state index in [2.05, 4.69) is 20.1 Å². The maximum absolute atomic E-state index is 11.3. The molecule has 146 valence electrons. The normalized spacial score (nSPS) is 11.3. The zero-order valence-electron chi connectivity index (χ0n) is 15.4. The molecule has 0 amide bonds.